The Bertz CT molecular complexity index is 1040. The Kier molecular flexibility index (Phi) is 7.49. The molecule has 9 heteroatoms. The molecule has 1 saturated heterocycles. The van der Waals surface area contributed by atoms with Gasteiger partial charge in [0.15, 0.2) is 0 Å². The van der Waals surface area contributed by atoms with Crippen molar-refractivity contribution in [2.24, 2.45) is 4.40 Å². The normalized spacial score (nSPS) is 16.3. The molecule has 6 nitrogen and oxygen atoms in total. The van der Waals surface area contributed by atoms with Crippen LogP contribution >= 0.6 is 11.8 Å². The smallest absolute Gasteiger partial charge is 0.284 e. The van der Waals surface area contributed by atoms with Crippen LogP contribution in [0.15, 0.2) is 62.7 Å². The van der Waals surface area contributed by atoms with Crippen LogP contribution in [0.25, 0.3) is 0 Å². The van der Waals surface area contributed by atoms with Gasteiger partial charge in [0.25, 0.3) is 10.0 Å². The molecule has 0 unspecified atom stereocenters. The zero-order valence-electron chi connectivity index (χ0n) is 16.7. The standard InChI is InChI=1S/C21H24FN3O3S2/c1-25-13-6-2-3-12-20(25)24-30(27,28)17-9-7-8-16(14-17)23-21(26)15-29-19-11-5-4-10-18(19)22/h4-5,7-11,14H,2-3,6,12-13,15H2,1H3,(H,23,26). The summed E-state index contributed by atoms with van der Waals surface area (Å²) in [6.45, 7) is 0.782. The lowest BCUT2D eigenvalue weighted by Gasteiger charge is -2.17. The summed E-state index contributed by atoms with van der Waals surface area (Å²) in [6, 6.07) is 12.2. The highest BCUT2D eigenvalue weighted by Gasteiger charge is 2.19. The highest BCUT2D eigenvalue weighted by molar-refractivity contribution is 8.00. The summed E-state index contributed by atoms with van der Waals surface area (Å²) in [4.78, 5) is 14.5. The number of anilines is 1. The van der Waals surface area contributed by atoms with Crippen LogP contribution in [0.3, 0.4) is 0 Å². The Morgan fingerprint density at radius 1 is 1.17 bits per heavy atom. The van der Waals surface area contributed by atoms with E-state index in [0.717, 1.165) is 37.6 Å². The minimum atomic E-state index is -3.89. The minimum absolute atomic E-state index is 0.00497. The van der Waals surface area contributed by atoms with E-state index in [9.17, 15) is 17.6 Å². The largest absolute Gasteiger partial charge is 0.362 e. The third-order valence-corrected chi connectivity index (χ3v) is 7.02. The van der Waals surface area contributed by atoms with Crippen LogP contribution in [0.2, 0.25) is 0 Å². The molecule has 160 valence electrons. The lowest BCUT2D eigenvalue weighted by Crippen LogP contribution is -2.26. The Morgan fingerprint density at radius 2 is 1.97 bits per heavy atom. The maximum absolute atomic E-state index is 13.7. The van der Waals surface area contributed by atoms with Gasteiger partial charge >= 0.3 is 0 Å². The maximum Gasteiger partial charge on any atom is 0.284 e. The molecular weight excluding hydrogens is 425 g/mol. The van der Waals surface area contributed by atoms with E-state index < -0.39 is 10.0 Å². The summed E-state index contributed by atoms with van der Waals surface area (Å²) in [5.74, 6) is -0.174. The Hall–Kier alpha value is -2.39. The van der Waals surface area contributed by atoms with E-state index in [0.29, 0.717) is 22.8 Å². The topological polar surface area (TPSA) is 78.8 Å². The molecule has 1 aliphatic rings. The number of nitrogens with one attached hydrogen (secondary N) is 1. The van der Waals surface area contributed by atoms with Gasteiger partial charge in [-0.15, -0.1) is 16.2 Å². The molecule has 0 aromatic heterocycles. The van der Waals surface area contributed by atoms with E-state index in [1.165, 1.54) is 18.2 Å². The molecule has 2 aromatic rings. The number of benzene rings is 2. The van der Waals surface area contributed by atoms with Crippen molar-refractivity contribution in [3.8, 4) is 0 Å². The van der Waals surface area contributed by atoms with Crippen molar-refractivity contribution in [1.29, 1.82) is 0 Å². The maximum atomic E-state index is 13.7. The first kappa shape index (κ1) is 22.3. The monoisotopic (exact) mass is 449 g/mol. The average Bonchev–Trinajstić information content (AvgIpc) is 2.91. The van der Waals surface area contributed by atoms with Gasteiger partial charge in [0.05, 0.1) is 10.6 Å². The Labute approximate surface area is 180 Å². The Morgan fingerprint density at radius 3 is 2.77 bits per heavy atom. The zero-order chi connectivity index (χ0) is 21.6. The first-order valence-corrected chi connectivity index (χ1v) is 12.1. The fourth-order valence-corrected chi connectivity index (χ4v) is 4.95. The van der Waals surface area contributed by atoms with E-state index in [1.807, 2.05) is 11.9 Å². The lowest BCUT2D eigenvalue weighted by atomic mass is 10.2. The molecule has 1 aliphatic heterocycles. The van der Waals surface area contributed by atoms with Crippen molar-refractivity contribution in [3.63, 3.8) is 0 Å². The minimum Gasteiger partial charge on any atom is -0.362 e. The first-order chi connectivity index (χ1) is 14.3. The van der Waals surface area contributed by atoms with E-state index in [2.05, 4.69) is 9.71 Å². The highest BCUT2D eigenvalue weighted by atomic mass is 32.2. The Balaban J connectivity index is 1.69. The van der Waals surface area contributed by atoms with Gasteiger partial charge in [-0.2, -0.15) is 8.42 Å². The molecule has 30 heavy (non-hydrogen) atoms. The average molecular weight is 450 g/mol. The van der Waals surface area contributed by atoms with Gasteiger partial charge in [0.1, 0.15) is 11.7 Å². The van der Waals surface area contributed by atoms with E-state index in [4.69, 9.17) is 0 Å². The van der Waals surface area contributed by atoms with Crippen LogP contribution in [-0.2, 0) is 14.8 Å². The van der Waals surface area contributed by atoms with Gasteiger partial charge in [-0.25, -0.2) is 4.39 Å². The summed E-state index contributed by atoms with van der Waals surface area (Å²) in [5, 5.41) is 2.66. The van der Waals surface area contributed by atoms with Crippen molar-refractivity contribution in [2.45, 2.75) is 35.5 Å². The van der Waals surface area contributed by atoms with Gasteiger partial charge in [-0.1, -0.05) is 24.6 Å². The van der Waals surface area contributed by atoms with Gasteiger partial charge in [0.2, 0.25) is 5.91 Å². The molecule has 1 fully saturated rings. The number of hydrogen-bond donors (Lipinski definition) is 1. The fraction of sp³-hybridized carbons (Fsp3) is 0.333. The predicted octanol–water partition coefficient (Wildman–Crippen LogP) is 4.15. The van der Waals surface area contributed by atoms with Crippen LogP contribution in [-0.4, -0.2) is 44.4 Å². The molecular formula is C21H24FN3O3S2. The number of likely N-dealkylation sites (tertiary alicyclic amines) is 1. The van der Waals surface area contributed by atoms with Crippen molar-refractivity contribution in [3.05, 3.63) is 54.3 Å². The van der Waals surface area contributed by atoms with Gasteiger partial charge in [-0.05, 0) is 43.2 Å². The van der Waals surface area contributed by atoms with Crippen molar-refractivity contribution in [2.75, 3.05) is 24.7 Å². The second kappa shape index (κ2) is 10.1. The van der Waals surface area contributed by atoms with Gasteiger partial charge in [-0.3, -0.25) is 4.79 Å². The number of hydrogen-bond acceptors (Lipinski definition) is 4. The molecule has 0 saturated carbocycles. The predicted molar refractivity (Wildman–Crippen MR) is 118 cm³/mol. The van der Waals surface area contributed by atoms with E-state index in [1.54, 1.807) is 30.3 Å². The van der Waals surface area contributed by atoms with Gasteiger partial charge < -0.3 is 10.2 Å². The number of nitrogens with zero attached hydrogens (tertiary/aromatic N) is 2. The number of rotatable bonds is 6. The molecule has 0 bridgehead atoms. The van der Waals surface area contributed by atoms with Crippen LogP contribution in [0.4, 0.5) is 10.1 Å². The highest BCUT2D eigenvalue weighted by Crippen LogP contribution is 2.23. The summed E-state index contributed by atoms with van der Waals surface area (Å²) in [6.07, 6.45) is 3.60. The zero-order valence-corrected chi connectivity index (χ0v) is 18.3. The quantitative estimate of drug-likeness (QED) is 0.671. The number of amidine groups is 1. The molecule has 1 heterocycles. The van der Waals surface area contributed by atoms with Crippen LogP contribution < -0.4 is 5.32 Å². The number of sulfonamides is 1. The van der Waals surface area contributed by atoms with Crippen LogP contribution in [0, 0.1) is 5.82 Å². The second-order valence-electron chi connectivity index (χ2n) is 7.01. The van der Waals surface area contributed by atoms with E-state index >= 15 is 0 Å². The molecule has 0 spiro atoms. The first-order valence-electron chi connectivity index (χ1n) is 9.67. The van der Waals surface area contributed by atoms with E-state index in [-0.39, 0.29) is 22.4 Å². The number of amides is 1. The summed E-state index contributed by atoms with van der Waals surface area (Å²) >= 11 is 1.08. The van der Waals surface area contributed by atoms with Gasteiger partial charge in [0, 0.05) is 30.6 Å². The van der Waals surface area contributed by atoms with Crippen molar-refractivity contribution >= 4 is 39.2 Å². The molecule has 0 radical (unpaired) electrons. The number of thioether (sulfide) groups is 1. The fourth-order valence-electron chi connectivity index (χ4n) is 3.07. The second-order valence-corrected chi connectivity index (χ2v) is 9.63. The third-order valence-electron chi connectivity index (χ3n) is 4.67. The van der Waals surface area contributed by atoms with Crippen LogP contribution in [0.5, 0.6) is 0 Å². The molecule has 1 amide bonds. The molecule has 1 N–H and O–H groups in total. The number of carbonyl (C=O) groups excluding carboxylic acids is 1. The number of halogens is 1. The molecule has 0 atom stereocenters. The molecule has 2 aromatic carbocycles. The third kappa shape index (κ3) is 6.06. The number of carbonyl (C=O) groups is 1. The van der Waals surface area contributed by atoms with Crippen LogP contribution in [0.1, 0.15) is 25.7 Å². The molecule has 3 rings (SSSR count). The summed E-state index contributed by atoms with van der Waals surface area (Å²) in [7, 11) is -2.04. The van der Waals surface area contributed by atoms with Crippen molar-refractivity contribution in [1.82, 2.24) is 4.90 Å². The SMILES string of the molecule is CN1CCCCCC1=NS(=O)(=O)c1cccc(NC(=O)CSc2ccccc2F)c1. The summed E-state index contributed by atoms with van der Waals surface area (Å²) < 4.78 is 43.2. The summed E-state index contributed by atoms with van der Waals surface area (Å²) in [5.41, 5.74) is 0.352. The molecule has 0 aliphatic carbocycles. The lowest BCUT2D eigenvalue weighted by molar-refractivity contribution is -0.113. The van der Waals surface area contributed by atoms with Crippen molar-refractivity contribution < 1.29 is 17.6 Å².